The minimum atomic E-state index is -1.38. The number of halogens is 1. The van der Waals surface area contributed by atoms with E-state index in [0.29, 0.717) is 9.90 Å². The lowest BCUT2D eigenvalue weighted by atomic mass is 9.97. The van der Waals surface area contributed by atoms with E-state index in [1.54, 1.807) is 18.4 Å². The second-order valence-electron chi connectivity index (χ2n) is 5.48. The molecule has 0 radical (unpaired) electrons. The molecule has 0 bridgehead atoms. The van der Waals surface area contributed by atoms with Gasteiger partial charge in [-0.3, -0.25) is 4.79 Å². The summed E-state index contributed by atoms with van der Waals surface area (Å²) in [5, 5.41) is 11.4. The van der Waals surface area contributed by atoms with Crippen LogP contribution >= 0.6 is 22.9 Å². The van der Waals surface area contributed by atoms with E-state index in [9.17, 15) is 9.35 Å². The fraction of sp³-hybridized carbons (Fsp3) is 0.583. The average molecular weight is 324 g/mol. The van der Waals surface area contributed by atoms with E-state index in [2.05, 4.69) is 4.72 Å². The molecule has 1 heterocycles. The van der Waals surface area contributed by atoms with Gasteiger partial charge in [-0.2, -0.15) is 0 Å². The first-order chi connectivity index (χ1) is 8.56. The van der Waals surface area contributed by atoms with Crippen LogP contribution in [0.4, 0.5) is 0 Å². The summed E-state index contributed by atoms with van der Waals surface area (Å²) in [6, 6.07) is 1.71. The normalized spacial score (nSPS) is 16.9. The van der Waals surface area contributed by atoms with Crippen molar-refractivity contribution in [3.63, 3.8) is 0 Å². The van der Waals surface area contributed by atoms with Crippen LogP contribution in [0.2, 0.25) is 5.02 Å². The van der Waals surface area contributed by atoms with E-state index in [-0.39, 0.29) is 6.42 Å². The van der Waals surface area contributed by atoms with E-state index in [1.165, 1.54) is 11.3 Å². The number of carbonyl (C=O) groups is 1. The van der Waals surface area contributed by atoms with Gasteiger partial charge in [0.05, 0.1) is 11.4 Å². The predicted molar refractivity (Wildman–Crippen MR) is 80.0 cm³/mol. The van der Waals surface area contributed by atoms with Crippen molar-refractivity contribution >= 4 is 40.3 Å². The maximum absolute atomic E-state index is 12.2. The molecule has 0 saturated heterocycles. The van der Waals surface area contributed by atoms with E-state index < -0.39 is 27.6 Å². The van der Waals surface area contributed by atoms with Crippen molar-refractivity contribution in [2.75, 3.05) is 0 Å². The quantitative estimate of drug-likeness (QED) is 0.816. The summed E-state index contributed by atoms with van der Waals surface area (Å²) in [5.41, 5.74) is -0.949. The Morgan fingerprint density at radius 2 is 2.11 bits per heavy atom. The number of carboxylic acids is 1. The molecule has 0 spiro atoms. The second-order valence-corrected chi connectivity index (χ2v) is 8.77. The SMILES string of the molecule is CC(CC(=O)O)(N[S@+]([O-])C(C)(C)C)c1sccc1Cl. The van der Waals surface area contributed by atoms with E-state index in [1.807, 2.05) is 20.8 Å². The van der Waals surface area contributed by atoms with Gasteiger partial charge in [-0.15, -0.1) is 16.1 Å². The third kappa shape index (κ3) is 4.36. The molecule has 0 aliphatic carbocycles. The van der Waals surface area contributed by atoms with E-state index in [0.717, 1.165) is 0 Å². The molecule has 0 saturated carbocycles. The second kappa shape index (κ2) is 6.01. The Hall–Kier alpha value is -0.270. The third-order valence-electron chi connectivity index (χ3n) is 2.50. The van der Waals surface area contributed by atoms with Crippen LogP contribution < -0.4 is 4.72 Å². The monoisotopic (exact) mass is 323 g/mol. The Morgan fingerprint density at radius 1 is 1.53 bits per heavy atom. The lowest BCUT2D eigenvalue weighted by Gasteiger charge is -2.33. The van der Waals surface area contributed by atoms with Gasteiger partial charge in [0.2, 0.25) is 0 Å². The summed E-state index contributed by atoms with van der Waals surface area (Å²) in [6.45, 7) is 7.19. The number of thiophene rings is 1. The molecule has 0 aliphatic rings. The highest BCUT2D eigenvalue weighted by molar-refractivity contribution is 7.90. The predicted octanol–water partition coefficient (Wildman–Crippen LogP) is 3.14. The molecule has 19 heavy (non-hydrogen) atoms. The van der Waals surface area contributed by atoms with Crippen molar-refractivity contribution in [1.82, 2.24) is 4.72 Å². The number of rotatable bonds is 5. The zero-order chi connectivity index (χ0) is 14.8. The van der Waals surface area contributed by atoms with Gasteiger partial charge in [-0.1, -0.05) is 11.6 Å². The first kappa shape index (κ1) is 16.8. The van der Waals surface area contributed by atoms with Crippen LogP contribution in [-0.4, -0.2) is 20.4 Å². The fourth-order valence-electron chi connectivity index (χ4n) is 1.51. The van der Waals surface area contributed by atoms with Crippen LogP contribution in [0.15, 0.2) is 11.4 Å². The van der Waals surface area contributed by atoms with Gasteiger partial charge in [-0.05, 0) is 39.1 Å². The summed E-state index contributed by atoms with van der Waals surface area (Å²) < 4.78 is 14.7. The highest BCUT2D eigenvalue weighted by Crippen LogP contribution is 2.36. The Balaban J connectivity index is 3.08. The maximum Gasteiger partial charge on any atom is 0.305 e. The van der Waals surface area contributed by atoms with Gasteiger partial charge >= 0.3 is 5.97 Å². The highest BCUT2D eigenvalue weighted by atomic mass is 35.5. The number of nitrogens with one attached hydrogen (secondary N) is 1. The Labute approximate surface area is 125 Å². The van der Waals surface area contributed by atoms with Gasteiger partial charge in [0.25, 0.3) is 0 Å². The van der Waals surface area contributed by atoms with Crippen molar-refractivity contribution in [3.05, 3.63) is 21.3 Å². The van der Waals surface area contributed by atoms with Crippen molar-refractivity contribution in [1.29, 1.82) is 0 Å². The summed E-state index contributed by atoms with van der Waals surface area (Å²) >= 11 is 6.06. The molecule has 2 atom stereocenters. The van der Waals surface area contributed by atoms with Crippen molar-refractivity contribution < 1.29 is 14.5 Å². The third-order valence-corrected chi connectivity index (χ3v) is 5.85. The Kier molecular flexibility index (Phi) is 5.31. The molecule has 1 unspecified atom stereocenters. The van der Waals surface area contributed by atoms with Crippen LogP contribution in [0.1, 0.15) is 39.0 Å². The molecule has 1 aromatic rings. The van der Waals surface area contributed by atoms with Gasteiger partial charge in [0, 0.05) is 16.2 Å². The summed E-state index contributed by atoms with van der Waals surface area (Å²) in [4.78, 5) is 11.8. The van der Waals surface area contributed by atoms with Gasteiger partial charge in [0.15, 0.2) is 0 Å². The Morgan fingerprint density at radius 3 is 2.47 bits per heavy atom. The minimum Gasteiger partial charge on any atom is -0.598 e. The lowest BCUT2D eigenvalue weighted by molar-refractivity contribution is -0.138. The molecule has 1 rings (SSSR count). The molecule has 2 N–H and O–H groups in total. The van der Waals surface area contributed by atoms with Gasteiger partial charge in [-0.25, -0.2) is 0 Å². The number of carboxylic acid groups (broad SMARTS) is 1. The molecule has 1 aromatic heterocycles. The minimum absolute atomic E-state index is 0.185. The molecule has 0 aromatic carbocycles. The van der Waals surface area contributed by atoms with Crippen LogP contribution in [0, 0.1) is 0 Å². The molecular formula is C12H18ClNO3S2. The van der Waals surface area contributed by atoms with Gasteiger partial charge in [0.1, 0.15) is 10.3 Å². The molecule has 7 heteroatoms. The molecule has 0 fully saturated rings. The fourth-order valence-corrected chi connectivity index (χ4v) is 3.85. The maximum atomic E-state index is 12.2. The van der Waals surface area contributed by atoms with Crippen LogP contribution in [0.5, 0.6) is 0 Å². The van der Waals surface area contributed by atoms with Crippen molar-refractivity contribution in [3.8, 4) is 0 Å². The number of hydrogen-bond donors (Lipinski definition) is 2. The zero-order valence-electron chi connectivity index (χ0n) is 11.3. The molecule has 108 valence electrons. The zero-order valence-corrected chi connectivity index (χ0v) is 13.7. The summed E-state index contributed by atoms with van der Waals surface area (Å²) in [7, 11) is 0. The Bertz CT molecular complexity index is 458. The summed E-state index contributed by atoms with van der Waals surface area (Å²) in [6.07, 6.45) is -0.185. The first-order valence-electron chi connectivity index (χ1n) is 5.71. The number of aliphatic carboxylic acids is 1. The number of hydrogen-bond acceptors (Lipinski definition) is 4. The molecule has 4 nitrogen and oxygen atoms in total. The van der Waals surface area contributed by atoms with E-state index in [4.69, 9.17) is 16.7 Å². The largest absolute Gasteiger partial charge is 0.598 e. The van der Waals surface area contributed by atoms with Crippen LogP contribution in [0.25, 0.3) is 0 Å². The van der Waals surface area contributed by atoms with Crippen LogP contribution in [0.3, 0.4) is 0 Å². The average Bonchev–Trinajstić information content (AvgIpc) is 2.61. The van der Waals surface area contributed by atoms with Gasteiger partial charge < -0.3 is 9.66 Å². The van der Waals surface area contributed by atoms with E-state index >= 15 is 0 Å². The first-order valence-corrected chi connectivity index (χ1v) is 8.12. The standard InChI is InChI=1S/C12H18ClNO3S2/c1-11(2,3)19(17)14-12(4,7-9(15)16)10-8(13)5-6-18-10/h5-6,14H,7H2,1-4H3,(H,15,16)/t12?,19-/m1/s1. The molecule has 0 amide bonds. The summed E-state index contributed by atoms with van der Waals surface area (Å²) in [5.74, 6) is -0.967. The molecule has 0 aliphatic heterocycles. The highest BCUT2D eigenvalue weighted by Gasteiger charge is 2.40. The topological polar surface area (TPSA) is 72.4 Å². The molecular weight excluding hydrogens is 306 g/mol. The van der Waals surface area contributed by atoms with Crippen molar-refractivity contribution in [2.45, 2.75) is 44.4 Å². The van der Waals surface area contributed by atoms with Crippen LogP contribution in [-0.2, 0) is 21.7 Å². The smallest absolute Gasteiger partial charge is 0.305 e. The van der Waals surface area contributed by atoms with Crippen molar-refractivity contribution in [2.24, 2.45) is 0 Å². The lowest BCUT2D eigenvalue weighted by Crippen LogP contribution is -2.50.